The molecule has 1 heteroatoms. The Hall–Kier alpha value is -0.560. The highest BCUT2D eigenvalue weighted by Gasteiger charge is 2.46. The fourth-order valence-corrected chi connectivity index (χ4v) is 4.62. The zero-order valence-electron chi connectivity index (χ0n) is 17.1. The van der Waals surface area contributed by atoms with E-state index in [-0.39, 0.29) is 0 Å². The van der Waals surface area contributed by atoms with E-state index in [2.05, 4.69) is 64.8 Å². The van der Waals surface area contributed by atoms with Gasteiger partial charge in [-0.25, -0.2) is 0 Å². The van der Waals surface area contributed by atoms with E-state index in [4.69, 9.17) is 0 Å². The second-order valence-corrected chi connectivity index (χ2v) is 9.58. The van der Waals surface area contributed by atoms with Gasteiger partial charge in [0.25, 0.3) is 0 Å². The summed E-state index contributed by atoms with van der Waals surface area (Å²) in [6, 6.07) is 0. The van der Waals surface area contributed by atoms with Crippen LogP contribution >= 0.6 is 0 Å². The Morgan fingerprint density at radius 3 is 2.33 bits per heavy atom. The van der Waals surface area contributed by atoms with Gasteiger partial charge in [-0.1, -0.05) is 71.3 Å². The molecule has 0 spiro atoms. The van der Waals surface area contributed by atoms with Crippen molar-refractivity contribution < 1.29 is 0 Å². The topological polar surface area (TPSA) is 3.24 Å². The van der Waals surface area contributed by atoms with Gasteiger partial charge in [0.2, 0.25) is 0 Å². The molecule has 0 N–H and O–H groups in total. The molecule has 0 aromatic carbocycles. The van der Waals surface area contributed by atoms with Crippen LogP contribution in [0.1, 0.15) is 66.7 Å². The fraction of sp³-hybridized carbons (Fsp3) is 0.826. The van der Waals surface area contributed by atoms with Crippen molar-refractivity contribution >= 4 is 0 Å². The van der Waals surface area contributed by atoms with Crippen LogP contribution < -0.4 is 0 Å². The number of unbranched alkanes of at least 4 members (excludes halogenated alkanes) is 1. The first kappa shape index (κ1) is 19.8. The predicted molar refractivity (Wildman–Crippen MR) is 107 cm³/mol. The summed E-state index contributed by atoms with van der Waals surface area (Å²) in [4.78, 5) is 2.54. The lowest BCUT2D eigenvalue weighted by atomic mass is 9.85. The van der Waals surface area contributed by atoms with Crippen molar-refractivity contribution in [1.29, 1.82) is 0 Å². The maximum atomic E-state index is 2.64. The first-order valence-corrected chi connectivity index (χ1v) is 10.4. The van der Waals surface area contributed by atoms with Crippen LogP contribution in [-0.2, 0) is 0 Å². The van der Waals surface area contributed by atoms with Crippen LogP contribution in [0.2, 0.25) is 0 Å². The molecule has 3 rings (SSSR count). The Balaban J connectivity index is 0.000000471. The van der Waals surface area contributed by atoms with Crippen LogP contribution in [0.5, 0.6) is 0 Å². The van der Waals surface area contributed by atoms with Crippen LogP contribution in [0, 0.1) is 35.5 Å². The van der Waals surface area contributed by atoms with Gasteiger partial charge < -0.3 is 4.90 Å². The van der Waals surface area contributed by atoms with Crippen molar-refractivity contribution in [2.75, 3.05) is 20.1 Å². The van der Waals surface area contributed by atoms with Gasteiger partial charge in [0, 0.05) is 6.54 Å². The Morgan fingerprint density at radius 1 is 1.04 bits per heavy atom. The summed E-state index contributed by atoms with van der Waals surface area (Å²) in [5.74, 6) is 5.36. The molecule has 1 fully saturated rings. The van der Waals surface area contributed by atoms with E-state index in [1.165, 1.54) is 45.2 Å². The molecule has 0 aromatic heterocycles. The van der Waals surface area contributed by atoms with E-state index in [1.54, 1.807) is 5.57 Å². The zero-order valence-corrected chi connectivity index (χ0v) is 17.1. The summed E-state index contributed by atoms with van der Waals surface area (Å²) in [5, 5.41) is 0. The van der Waals surface area contributed by atoms with Gasteiger partial charge in [0.15, 0.2) is 0 Å². The summed E-state index contributed by atoms with van der Waals surface area (Å²) in [7, 11) is 2.30. The predicted octanol–water partition coefficient (Wildman–Crippen LogP) is 6.18. The highest BCUT2D eigenvalue weighted by Crippen LogP contribution is 2.54. The molecule has 1 saturated carbocycles. The highest BCUT2D eigenvalue weighted by molar-refractivity contribution is 5.27. The lowest BCUT2D eigenvalue weighted by molar-refractivity contribution is 0.335. The Bertz CT molecular complexity index is 429. The third-order valence-corrected chi connectivity index (χ3v) is 5.66. The van der Waals surface area contributed by atoms with Crippen LogP contribution in [0.4, 0.5) is 0 Å². The maximum absolute atomic E-state index is 2.64. The van der Waals surface area contributed by atoms with E-state index in [0.717, 1.165) is 35.5 Å². The molecule has 3 aliphatic rings. The lowest BCUT2D eigenvalue weighted by Crippen LogP contribution is -2.22. The number of rotatable bonds is 7. The number of hydrogen-bond acceptors (Lipinski definition) is 1. The average Bonchev–Trinajstić information content (AvgIpc) is 3.14. The molecule has 0 heterocycles. The molecule has 0 aromatic rings. The summed E-state index contributed by atoms with van der Waals surface area (Å²) in [5.41, 5.74) is 1.73. The summed E-state index contributed by atoms with van der Waals surface area (Å²) in [6.45, 7) is 13.6. The minimum atomic E-state index is 0.833. The molecule has 0 amide bonds. The van der Waals surface area contributed by atoms with E-state index >= 15 is 0 Å². The Kier molecular flexibility index (Phi) is 7.60. The molecule has 4 atom stereocenters. The lowest BCUT2D eigenvalue weighted by Gasteiger charge is -2.20. The minimum Gasteiger partial charge on any atom is -0.302 e. The summed E-state index contributed by atoms with van der Waals surface area (Å²) in [6.07, 6.45) is 14.6. The van der Waals surface area contributed by atoms with Crippen molar-refractivity contribution in [3.05, 3.63) is 23.8 Å². The number of allylic oxidation sites excluding steroid dienone is 3. The second kappa shape index (κ2) is 9.22. The van der Waals surface area contributed by atoms with Crippen LogP contribution in [-0.4, -0.2) is 25.0 Å². The SMILES string of the molecule is CC(C)C.CC(C)CCCCN(C)CC1=CC2C3C=CC(C3)C2C1. The zero-order chi connectivity index (χ0) is 17.7. The van der Waals surface area contributed by atoms with Crippen LogP contribution in [0.15, 0.2) is 23.8 Å². The number of nitrogens with zero attached hydrogens (tertiary/aromatic N) is 1. The van der Waals surface area contributed by atoms with E-state index in [0.29, 0.717) is 0 Å². The molecule has 3 aliphatic carbocycles. The highest BCUT2D eigenvalue weighted by atomic mass is 15.1. The van der Waals surface area contributed by atoms with Crippen LogP contribution in [0.3, 0.4) is 0 Å². The van der Waals surface area contributed by atoms with E-state index in [9.17, 15) is 0 Å². The number of likely N-dealkylation sites (N-methyl/N-ethyl adjacent to an activating group) is 1. The van der Waals surface area contributed by atoms with Gasteiger partial charge in [-0.2, -0.15) is 0 Å². The third kappa shape index (κ3) is 5.76. The van der Waals surface area contributed by atoms with Crippen molar-refractivity contribution in [2.45, 2.75) is 66.7 Å². The molecular formula is C23H41N. The van der Waals surface area contributed by atoms with Gasteiger partial charge in [-0.15, -0.1) is 0 Å². The first-order valence-electron chi connectivity index (χ1n) is 10.4. The Labute approximate surface area is 151 Å². The van der Waals surface area contributed by atoms with Crippen LogP contribution in [0.25, 0.3) is 0 Å². The van der Waals surface area contributed by atoms with E-state index in [1.807, 2.05) is 0 Å². The normalized spacial score (nSPS) is 30.1. The number of hydrogen-bond donors (Lipinski definition) is 0. The molecule has 1 nitrogen and oxygen atoms in total. The molecule has 0 radical (unpaired) electrons. The van der Waals surface area contributed by atoms with Gasteiger partial charge in [-0.3, -0.25) is 0 Å². The summed E-state index contributed by atoms with van der Waals surface area (Å²) < 4.78 is 0. The minimum absolute atomic E-state index is 0.833. The first-order chi connectivity index (χ1) is 11.4. The van der Waals surface area contributed by atoms with Crippen molar-refractivity contribution in [1.82, 2.24) is 4.90 Å². The van der Waals surface area contributed by atoms with Gasteiger partial charge in [0.1, 0.15) is 0 Å². The van der Waals surface area contributed by atoms with Crippen molar-refractivity contribution in [3.8, 4) is 0 Å². The van der Waals surface area contributed by atoms with Crippen molar-refractivity contribution in [3.63, 3.8) is 0 Å². The molecule has 138 valence electrons. The molecule has 24 heavy (non-hydrogen) atoms. The fourth-order valence-electron chi connectivity index (χ4n) is 4.62. The largest absolute Gasteiger partial charge is 0.302 e. The smallest absolute Gasteiger partial charge is 0.0190 e. The Morgan fingerprint density at radius 2 is 1.71 bits per heavy atom. The monoisotopic (exact) mass is 331 g/mol. The standard InChI is InChI=1S/C19H31N.C4H10/c1-14(2)6-4-5-9-20(3)13-15-10-18-16-7-8-17(12-16)19(18)11-15;1-4(2)3/h7-8,10,14,16-19H,4-6,9,11-13H2,1-3H3;4H,1-3H3. The molecule has 0 aliphatic heterocycles. The maximum Gasteiger partial charge on any atom is 0.0190 e. The third-order valence-electron chi connectivity index (χ3n) is 5.66. The van der Waals surface area contributed by atoms with Gasteiger partial charge in [0.05, 0.1) is 0 Å². The second-order valence-electron chi connectivity index (χ2n) is 9.58. The average molecular weight is 332 g/mol. The summed E-state index contributed by atoms with van der Waals surface area (Å²) >= 11 is 0. The molecule has 2 bridgehead atoms. The molecule has 0 saturated heterocycles. The number of fused-ring (bicyclic) bond motifs is 5. The van der Waals surface area contributed by atoms with Gasteiger partial charge in [-0.05, 0) is 68.4 Å². The van der Waals surface area contributed by atoms with Crippen molar-refractivity contribution in [2.24, 2.45) is 35.5 Å². The van der Waals surface area contributed by atoms with E-state index < -0.39 is 0 Å². The molecule has 4 unspecified atom stereocenters. The molecular weight excluding hydrogens is 290 g/mol. The van der Waals surface area contributed by atoms with Gasteiger partial charge >= 0.3 is 0 Å². The quantitative estimate of drug-likeness (QED) is 0.398.